The van der Waals surface area contributed by atoms with E-state index < -0.39 is 0 Å². The molecule has 2 aromatic carbocycles. The number of rotatable bonds is 5. The zero-order chi connectivity index (χ0) is 17.2. The monoisotopic (exact) mass is 349 g/mol. The molecule has 0 radical (unpaired) electrons. The lowest BCUT2D eigenvalue weighted by Crippen LogP contribution is -2.36. The standard InChI is InChI=1S/C20H19N3OS/c1-2-13-23(14-11-12-14)20(24)22-16-8-4-3-7-15(16)19-21-17-9-5-6-10-18(17)25-19/h2-10,14H,1,11-13H2,(H,22,24). The number of hydrogen-bond acceptors (Lipinski definition) is 3. The van der Waals surface area contributed by atoms with Gasteiger partial charge in [0.2, 0.25) is 0 Å². The van der Waals surface area contributed by atoms with Crippen molar-refractivity contribution in [3.8, 4) is 10.6 Å². The van der Waals surface area contributed by atoms with Gasteiger partial charge < -0.3 is 10.2 Å². The smallest absolute Gasteiger partial charge is 0.318 e. The zero-order valence-corrected chi connectivity index (χ0v) is 14.6. The Bertz CT molecular complexity index is 896. The summed E-state index contributed by atoms with van der Waals surface area (Å²) in [7, 11) is 0. The van der Waals surface area contributed by atoms with Gasteiger partial charge in [-0.15, -0.1) is 17.9 Å². The van der Waals surface area contributed by atoms with E-state index in [1.807, 2.05) is 47.4 Å². The van der Waals surface area contributed by atoms with Crippen molar-refractivity contribution in [2.45, 2.75) is 18.9 Å². The molecule has 4 nitrogen and oxygen atoms in total. The van der Waals surface area contributed by atoms with Gasteiger partial charge in [-0.05, 0) is 37.1 Å². The number of anilines is 1. The molecule has 5 heteroatoms. The highest BCUT2D eigenvalue weighted by Gasteiger charge is 2.32. The quantitative estimate of drug-likeness (QED) is 0.648. The number of para-hydroxylation sites is 2. The second kappa shape index (κ2) is 6.69. The van der Waals surface area contributed by atoms with Crippen LogP contribution in [0, 0.1) is 0 Å². The van der Waals surface area contributed by atoms with Crippen molar-refractivity contribution in [3.05, 3.63) is 61.2 Å². The van der Waals surface area contributed by atoms with E-state index in [1.54, 1.807) is 17.4 Å². The van der Waals surface area contributed by atoms with Crippen molar-refractivity contribution in [2.75, 3.05) is 11.9 Å². The Kier molecular flexibility index (Phi) is 4.24. The lowest BCUT2D eigenvalue weighted by Gasteiger charge is -2.21. The van der Waals surface area contributed by atoms with Gasteiger partial charge in [-0.1, -0.05) is 30.3 Å². The zero-order valence-electron chi connectivity index (χ0n) is 13.8. The normalized spacial score (nSPS) is 13.6. The summed E-state index contributed by atoms with van der Waals surface area (Å²) in [5, 5.41) is 3.98. The van der Waals surface area contributed by atoms with Crippen LogP contribution >= 0.6 is 11.3 Å². The Labute approximate surface area is 150 Å². The highest BCUT2D eigenvalue weighted by molar-refractivity contribution is 7.21. The van der Waals surface area contributed by atoms with Crippen LogP contribution in [0.2, 0.25) is 0 Å². The molecule has 1 saturated carbocycles. The average molecular weight is 349 g/mol. The van der Waals surface area contributed by atoms with E-state index >= 15 is 0 Å². The Balaban J connectivity index is 1.64. The molecule has 1 N–H and O–H groups in total. The minimum absolute atomic E-state index is 0.0732. The second-order valence-electron chi connectivity index (χ2n) is 6.13. The van der Waals surface area contributed by atoms with E-state index in [0.29, 0.717) is 12.6 Å². The highest BCUT2D eigenvalue weighted by atomic mass is 32.1. The first kappa shape index (κ1) is 15.8. The molecule has 126 valence electrons. The third-order valence-electron chi connectivity index (χ3n) is 4.27. The fourth-order valence-electron chi connectivity index (χ4n) is 2.88. The molecule has 1 aliphatic rings. The predicted octanol–water partition coefficient (Wildman–Crippen LogP) is 5.15. The molecular formula is C20H19N3OS. The number of fused-ring (bicyclic) bond motifs is 1. The van der Waals surface area contributed by atoms with E-state index in [-0.39, 0.29) is 6.03 Å². The maximum atomic E-state index is 12.7. The first-order valence-corrected chi connectivity index (χ1v) is 9.21. The van der Waals surface area contributed by atoms with Gasteiger partial charge in [-0.25, -0.2) is 9.78 Å². The van der Waals surface area contributed by atoms with Crippen LogP contribution in [0.15, 0.2) is 61.2 Å². The SMILES string of the molecule is C=CCN(C(=O)Nc1ccccc1-c1nc2ccccc2s1)C1CC1. The summed E-state index contributed by atoms with van der Waals surface area (Å²) in [5.41, 5.74) is 2.72. The molecule has 1 fully saturated rings. The van der Waals surface area contributed by atoms with Crippen LogP contribution in [0.1, 0.15) is 12.8 Å². The molecule has 0 aliphatic heterocycles. The number of amides is 2. The number of nitrogens with one attached hydrogen (secondary N) is 1. The van der Waals surface area contributed by atoms with Crippen LogP contribution in [0.3, 0.4) is 0 Å². The number of urea groups is 1. The lowest BCUT2D eigenvalue weighted by atomic mass is 10.2. The number of carbonyl (C=O) groups is 1. The molecule has 1 aliphatic carbocycles. The molecular weight excluding hydrogens is 330 g/mol. The van der Waals surface area contributed by atoms with Crippen LogP contribution in [0.4, 0.5) is 10.5 Å². The van der Waals surface area contributed by atoms with Crippen LogP contribution < -0.4 is 5.32 Å². The van der Waals surface area contributed by atoms with Gasteiger partial charge in [0.05, 0.1) is 15.9 Å². The molecule has 3 aromatic rings. The van der Waals surface area contributed by atoms with Crippen molar-refractivity contribution in [1.29, 1.82) is 0 Å². The Morgan fingerprint density at radius 1 is 1.24 bits per heavy atom. The molecule has 25 heavy (non-hydrogen) atoms. The van der Waals surface area contributed by atoms with Crippen molar-refractivity contribution in [2.24, 2.45) is 0 Å². The number of nitrogens with zero attached hydrogens (tertiary/aromatic N) is 2. The Morgan fingerprint density at radius 2 is 2.00 bits per heavy atom. The number of hydrogen-bond donors (Lipinski definition) is 1. The van der Waals surface area contributed by atoms with Gasteiger partial charge in [-0.2, -0.15) is 0 Å². The maximum Gasteiger partial charge on any atom is 0.322 e. The molecule has 0 atom stereocenters. The van der Waals surface area contributed by atoms with E-state index in [4.69, 9.17) is 4.98 Å². The Morgan fingerprint density at radius 3 is 2.76 bits per heavy atom. The number of carbonyl (C=O) groups excluding carboxylic acids is 1. The van der Waals surface area contributed by atoms with Gasteiger partial charge in [0.1, 0.15) is 5.01 Å². The van der Waals surface area contributed by atoms with Crippen molar-refractivity contribution < 1.29 is 4.79 Å². The minimum Gasteiger partial charge on any atom is -0.318 e. The van der Waals surface area contributed by atoms with Gasteiger partial charge in [0.25, 0.3) is 0 Å². The van der Waals surface area contributed by atoms with Crippen molar-refractivity contribution in [1.82, 2.24) is 9.88 Å². The fourth-order valence-corrected chi connectivity index (χ4v) is 3.88. The van der Waals surface area contributed by atoms with Gasteiger partial charge in [-0.3, -0.25) is 0 Å². The van der Waals surface area contributed by atoms with Crippen molar-refractivity contribution in [3.63, 3.8) is 0 Å². The van der Waals surface area contributed by atoms with Crippen LogP contribution in [-0.4, -0.2) is 28.5 Å². The first-order valence-electron chi connectivity index (χ1n) is 8.40. The number of benzene rings is 2. The van der Waals surface area contributed by atoms with Crippen molar-refractivity contribution >= 4 is 33.3 Å². The summed E-state index contributed by atoms with van der Waals surface area (Å²) < 4.78 is 1.14. The lowest BCUT2D eigenvalue weighted by molar-refractivity contribution is 0.215. The molecule has 0 saturated heterocycles. The molecule has 4 rings (SSSR count). The molecule has 0 bridgehead atoms. The maximum absolute atomic E-state index is 12.7. The largest absolute Gasteiger partial charge is 0.322 e. The van der Waals surface area contributed by atoms with E-state index in [2.05, 4.69) is 18.0 Å². The van der Waals surface area contributed by atoms with E-state index in [9.17, 15) is 4.79 Å². The molecule has 1 aromatic heterocycles. The highest BCUT2D eigenvalue weighted by Crippen LogP contribution is 2.35. The van der Waals surface area contributed by atoms with E-state index in [0.717, 1.165) is 39.3 Å². The first-order chi connectivity index (χ1) is 12.3. The van der Waals surface area contributed by atoms with E-state index in [1.165, 1.54) is 0 Å². The van der Waals surface area contributed by atoms with Crippen LogP contribution in [0.25, 0.3) is 20.8 Å². The summed E-state index contributed by atoms with van der Waals surface area (Å²) in [6, 6.07) is 16.2. The number of aromatic nitrogens is 1. The predicted molar refractivity (Wildman–Crippen MR) is 104 cm³/mol. The summed E-state index contributed by atoms with van der Waals surface area (Å²) in [5.74, 6) is 0. The molecule has 0 spiro atoms. The summed E-state index contributed by atoms with van der Waals surface area (Å²) in [4.78, 5) is 19.3. The molecule has 1 heterocycles. The summed E-state index contributed by atoms with van der Waals surface area (Å²) in [6.45, 7) is 4.33. The summed E-state index contributed by atoms with van der Waals surface area (Å²) >= 11 is 1.64. The fraction of sp³-hybridized carbons (Fsp3) is 0.200. The third kappa shape index (κ3) is 3.28. The van der Waals surface area contributed by atoms with Gasteiger partial charge >= 0.3 is 6.03 Å². The number of thiazole rings is 1. The van der Waals surface area contributed by atoms with Crippen LogP contribution in [0.5, 0.6) is 0 Å². The van der Waals surface area contributed by atoms with Crippen LogP contribution in [-0.2, 0) is 0 Å². The minimum atomic E-state index is -0.0732. The average Bonchev–Trinajstić information content (AvgIpc) is 3.37. The topological polar surface area (TPSA) is 45.2 Å². The Hall–Kier alpha value is -2.66. The van der Waals surface area contributed by atoms with Gasteiger partial charge in [0.15, 0.2) is 0 Å². The molecule has 2 amide bonds. The third-order valence-corrected chi connectivity index (χ3v) is 5.34. The molecule has 0 unspecified atom stereocenters. The van der Waals surface area contributed by atoms with Gasteiger partial charge in [0, 0.05) is 18.2 Å². The summed E-state index contributed by atoms with van der Waals surface area (Å²) in [6.07, 6.45) is 3.92. The second-order valence-corrected chi connectivity index (χ2v) is 7.17.